The number of carboxylic acid groups (broad SMARTS) is 1. The Morgan fingerprint density at radius 2 is 1.67 bits per heavy atom. The maximum Gasteiger partial charge on any atom is 0.326 e. The molecule has 4 nitrogen and oxygen atoms in total. The van der Waals surface area contributed by atoms with Gasteiger partial charge in [0.2, 0.25) is 0 Å². The van der Waals surface area contributed by atoms with Gasteiger partial charge >= 0.3 is 5.97 Å². The standard InChI is InChI=1S/C17H32N2O2/c1-2-3-4-5-6-7-8-9-10-11-12-16(17(20)21)19-14-13-18-15-19/h15-16H,2-14H2,1H3,(H,20,21). The van der Waals surface area contributed by atoms with Crippen molar-refractivity contribution in [3.63, 3.8) is 0 Å². The smallest absolute Gasteiger partial charge is 0.326 e. The average Bonchev–Trinajstić information content (AvgIpc) is 2.98. The summed E-state index contributed by atoms with van der Waals surface area (Å²) in [5.74, 6) is -0.709. The number of aliphatic imine (C=N–C) groups is 1. The van der Waals surface area contributed by atoms with Crippen molar-refractivity contribution in [3.05, 3.63) is 0 Å². The summed E-state index contributed by atoms with van der Waals surface area (Å²) in [4.78, 5) is 17.3. The van der Waals surface area contributed by atoms with Crippen LogP contribution in [0, 0.1) is 0 Å². The zero-order chi connectivity index (χ0) is 15.3. The highest BCUT2D eigenvalue weighted by molar-refractivity contribution is 5.77. The first-order valence-corrected chi connectivity index (χ1v) is 8.74. The first-order chi connectivity index (χ1) is 10.3. The van der Waals surface area contributed by atoms with Gasteiger partial charge in [0.05, 0.1) is 12.9 Å². The lowest BCUT2D eigenvalue weighted by molar-refractivity contribution is -0.141. The first kappa shape index (κ1) is 18.0. The minimum atomic E-state index is -0.709. The topological polar surface area (TPSA) is 52.9 Å². The summed E-state index contributed by atoms with van der Waals surface area (Å²) in [7, 11) is 0. The molecule has 0 saturated carbocycles. The fourth-order valence-corrected chi connectivity index (χ4v) is 2.89. The van der Waals surface area contributed by atoms with E-state index in [1.807, 2.05) is 4.90 Å². The summed E-state index contributed by atoms with van der Waals surface area (Å²) in [6, 6.07) is -0.370. The highest BCUT2D eigenvalue weighted by atomic mass is 16.4. The predicted molar refractivity (Wildman–Crippen MR) is 87.9 cm³/mol. The van der Waals surface area contributed by atoms with Crippen LogP contribution in [0.1, 0.15) is 77.6 Å². The Hall–Kier alpha value is -1.06. The van der Waals surface area contributed by atoms with Crippen molar-refractivity contribution in [2.45, 2.75) is 83.6 Å². The number of hydrogen-bond acceptors (Lipinski definition) is 3. The van der Waals surface area contributed by atoms with E-state index >= 15 is 0 Å². The molecule has 1 rings (SSSR count). The van der Waals surface area contributed by atoms with Crippen LogP contribution in [-0.2, 0) is 4.79 Å². The third-order valence-corrected chi connectivity index (χ3v) is 4.23. The third kappa shape index (κ3) is 8.08. The van der Waals surface area contributed by atoms with Crippen LogP contribution < -0.4 is 0 Å². The highest BCUT2D eigenvalue weighted by Gasteiger charge is 2.24. The van der Waals surface area contributed by atoms with Gasteiger partial charge in [0.1, 0.15) is 6.04 Å². The molecule has 0 aromatic heterocycles. The minimum absolute atomic E-state index is 0.370. The molecule has 122 valence electrons. The van der Waals surface area contributed by atoms with Gasteiger partial charge in [0.15, 0.2) is 0 Å². The average molecular weight is 296 g/mol. The third-order valence-electron chi connectivity index (χ3n) is 4.23. The van der Waals surface area contributed by atoms with Crippen LogP contribution in [0.15, 0.2) is 4.99 Å². The summed E-state index contributed by atoms with van der Waals surface area (Å²) in [6.07, 6.45) is 15.3. The molecule has 21 heavy (non-hydrogen) atoms. The van der Waals surface area contributed by atoms with Gasteiger partial charge in [-0.05, 0) is 6.42 Å². The maximum atomic E-state index is 11.3. The van der Waals surface area contributed by atoms with Crippen molar-refractivity contribution in [2.75, 3.05) is 13.1 Å². The number of hydrogen-bond donors (Lipinski definition) is 1. The number of aliphatic carboxylic acids is 1. The fourth-order valence-electron chi connectivity index (χ4n) is 2.89. The molecule has 0 fully saturated rings. The van der Waals surface area contributed by atoms with E-state index < -0.39 is 5.97 Å². The van der Waals surface area contributed by atoms with E-state index in [2.05, 4.69) is 11.9 Å². The van der Waals surface area contributed by atoms with E-state index in [1.54, 1.807) is 6.34 Å². The molecular weight excluding hydrogens is 264 g/mol. The lowest BCUT2D eigenvalue weighted by atomic mass is 10.0. The van der Waals surface area contributed by atoms with Crippen molar-refractivity contribution in [2.24, 2.45) is 4.99 Å². The second-order valence-corrected chi connectivity index (χ2v) is 6.08. The molecule has 0 radical (unpaired) electrons. The van der Waals surface area contributed by atoms with Gasteiger partial charge in [-0.25, -0.2) is 4.79 Å². The molecule has 1 N–H and O–H groups in total. The molecule has 1 heterocycles. The van der Waals surface area contributed by atoms with E-state index in [0.717, 1.165) is 32.4 Å². The van der Waals surface area contributed by atoms with E-state index in [1.165, 1.54) is 51.4 Å². The summed E-state index contributed by atoms with van der Waals surface area (Å²) in [6.45, 7) is 3.74. The van der Waals surface area contributed by atoms with Gasteiger partial charge in [0, 0.05) is 6.54 Å². The summed E-state index contributed by atoms with van der Waals surface area (Å²) in [5, 5.41) is 9.27. The lowest BCUT2D eigenvalue weighted by Crippen LogP contribution is -2.39. The van der Waals surface area contributed by atoms with Crippen LogP contribution in [0.3, 0.4) is 0 Å². The molecule has 1 unspecified atom stereocenters. The number of carbonyl (C=O) groups is 1. The Kier molecular flexibility index (Phi) is 9.92. The zero-order valence-corrected chi connectivity index (χ0v) is 13.6. The predicted octanol–water partition coefficient (Wildman–Crippen LogP) is 4.09. The lowest BCUT2D eigenvalue weighted by Gasteiger charge is -2.22. The summed E-state index contributed by atoms with van der Waals surface area (Å²) >= 11 is 0. The van der Waals surface area contributed by atoms with Crippen LogP contribution in [-0.4, -0.2) is 41.4 Å². The van der Waals surface area contributed by atoms with E-state index in [9.17, 15) is 9.90 Å². The minimum Gasteiger partial charge on any atom is -0.480 e. The van der Waals surface area contributed by atoms with Gasteiger partial charge < -0.3 is 10.0 Å². The Morgan fingerprint density at radius 3 is 2.14 bits per heavy atom. The molecule has 0 aromatic rings. The largest absolute Gasteiger partial charge is 0.480 e. The number of rotatable bonds is 13. The second kappa shape index (κ2) is 11.6. The van der Waals surface area contributed by atoms with Crippen molar-refractivity contribution in [3.8, 4) is 0 Å². The van der Waals surface area contributed by atoms with Crippen LogP contribution in [0.5, 0.6) is 0 Å². The van der Waals surface area contributed by atoms with Crippen LogP contribution in [0.25, 0.3) is 0 Å². The SMILES string of the molecule is CCCCCCCCCCCCC(C(=O)O)N1C=NCC1. The molecular formula is C17H32N2O2. The second-order valence-electron chi connectivity index (χ2n) is 6.08. The molecule has 1 aliphatic rings. The summed E-state index contributed by atoms with van der Waals surface area (Å²) < 4.78 is 0. The van der Waals surface area contributed by atoms with Crippen LogP contribution >= 0.6 is 0 Å². The Bertz CT molecular complexity index is 305. The molecule has 0 bridgehead atoms. The fraction of sp³-hybridized carbons (Fsp3) is 0.882. The monoisotopic (exact) mass is 296 g/mol. The van der Waals surface area contributed by atoms with Crippen molar-refractivity contribution < 1.29 is 9.90 Å². The highest BCUT2D eigenvalue weighted by Crippen LogP contribution is 2.14. The zero-order valence-electron chi connectivity index (χ0n) is 13.6. The maximum absolute atomic E-state index is 11.3. The van der Waals surface area contributed by atoms with Gasteiger partial charge in [-0.1, -0.05) is 71.1 Å². The molecule has 0 aromatic carbocycles. The van der Waals surface area contributed by atoms with Crippen molar-refractivity contribution in [1.82, 2.24) is 4.90 Å². The van der Waals surface area contributed by atoms with Crippen molar-refractivity contribution >= 4 is 12.3 Å². The van der Waals surface area contributed by atoms with E-state index in [4.69, 9.17) is 0 Å². The molecule has 1 aliphatic heterocycles. The number of unbranched alkanes of at least 4 members (excludes halogenated alkanes) is 9. The van der Waals surface area contributed by atoms with E-state index in [-0.39, 0.29) is 6.04 Å². The molecule has 0 saturated heterocycles. The van der Waals surface area contributed by atoms with Crippen molar-refractivity contribution in [1.29, 1.82) is 0 Å². The van der Waals surface area contributed by atoms with Gasteiger partial charge in [-0.3, -0.25) is 4.99 Å². The molecule has 0 spiro atoms. The molecule has 0 aliphatic carbocycles. The Morgan fingerprint density at radius 1 is 1.10 bits per heavy atom. The van der Waals surface area contributed by atoms with Crippen LogP contribution in [0.4, 0.5) is 0 Å². The van der Waals surface area contributed by atoms with Gasteiger partial charge in [-0.15, -0.1) is 0 Å². The number of nitrogens with zero attached hydrogens (tertiary/aromatic N) is 2. The molecule has 4 heteroatoms. The normalized spacial score (nSPS) is 15.6. The first-order valence-electron chi connectivity index (χ1n) is 8.74. The van der Waals surface area contributed by atoms with Gasteiger partial charge in [0.25, 0.3) is 0 Å². The van der Waals surface area contributed by atoms with E-state index in [0.29, 0.717) is 0 Å². The Labute approximate surface area is 129 Å². The number of carboxylic acids is 1. The van der Waals surface area contributed by atoms with Gasteiger partial charge in [-0.2, -0.15) is 0 Å². The van der Waals surface area contributed by atoms with Crippen LogP contribution in [0.2, 0.25) is 0 Å². The molecule has 1 atom stereocenters. The Balaban J connectivity index is 1.97. The summed E-state index contributed by atoms with van der Waals surface area (Å²) in [5.41, 5.74) is 0. The molecule has 0 amide bonds. The quantitative estimate of drug-likeness (QED) is 0.521.